The number of thioether (sulfide) groups is 2. The van der Waals surface area contributed by atoms with E-state index in [-0.39, 0.29) is 22.9 Å². The Kier molecular flexibility index (Phi) is 5.47. The summed E-state index contributed by atoms with van der Waals surface area (Å²) in [5.74, 6) is 1.58. The molecule has 1 aromatic carbocycles. The number of halogens is 1. The van der Waals surface area contributed by atoms with E-state index in [0.717, 1.165) is 35.1 Å². The van der Waals surface area contributed by atoms with E-state index >= 15 is 0 Å². The molecule has 0 bridgehead atoms. The summed E-state index contributed by atoms with van der Waals surface area (Å²) >= 11 is 3.00. The second-order valence-corrected chi connectivity index (χ2v) is 9.40. The van der Waals surface area contributed by atoms with E-state index in [4.69, 9.17) is 0 Å². The average Bonchev–Trinajstić information content (AvgIpc) is 3.33. The lowest BCUT2D eigenvalue weighted by Gasteiger charge is -2.24. The molecular formula is C21H20FN5OS2. The van der Waals surface area contributed by atoms with E-state index in [2.05, 4.69) is 19.7 Å². The molecular weight excluding hydrogens is 421 g/mol. The zero-order valence-electron chi connectivity index (χ0n) is 16.1. The molecule has 0 N–H and O–H groups in total. The van der Waals surface area contributed by atoms with E-state index in [9.17, 15) is 9.18 Å². The normalized spacial score (nSPS) is 18.7. The Morgan fingerprint density at radius 1 is 1.20 bits per heavy atom. The first-order valence-corrected chi connectivity index (χ1v) is 11.9. The van der Waals surface area contributed by atoms with Gasteiger partial charge in [-0.1, -0.05) is 30.0 Å². The molecule has 9 heteroatoms. The van der Waals surface area contributed by atoms with Gasteiger partial charge in [0.25, 0.3) is 0 Å². The van der Waals surface area contributed by atoms with Crippen LogP contribution in [0.4, 0.5) is 4.39 Å². The summed E-state index contributed by atoms with van der Waals surface area (Å²) in [7, 11) is 0. The van der Waals surface area contributed by atoms with Gasteiger partial charge in [-0.05, 0) is 31.0 Å². The Morgan fingerprint density at radius 3 is 2.83 bits per heavy atom. The van der Waals surface area contributed by atoms with Crippen LogP contribution in [0.15, 0.2) is 53.9 Å². The van der Waals surface area contributed by atoms with Gasteiger partial charge < -0.3 is 4.90 Å². The third-order valence-corrected chi connectivity index (χ3v) is 7.37. The van der Waals surface area contributed by atoms with Crippen LogP contribution < -0.4 is 0 Å². The minimum absolute atomic E-state index is 0.00784. The summed E-state index contributed by atoms with van der Waals surface area (Å²) < 4.78 is 16.4. The molecule has 1 amide bonds. The smallest absolute Gasteiger partial charge is 0.234 e. The summed E-state index contributed by atoms with van der Waals surface area (Å²) in [4.78, 5) is 18.9. The van der Waals surface area contributed by atoms with E-state index in [1.165, 1.54) is 17.8 Å². The fourth-order valence-electron chi connectivity index (χ4n) is 3.60. The molecule has 0 unspecified atom stereocenters. The highest BCUT2D eigenvalue weighted by Crippen LogP contribution is 2.42. The molecule has 1 saturated heterocycles. The van der Waals surface area contributed by atoms with Crippen LogP contribution >= 0.6 is 23.5 Å². The van der Waals surface area contributed by atoms with Gasteiger partial charge in [0.1, 0.15) is 11.2 Å². The number of amides is 1. The summed E-state index contributed by atoms with van der Waals surface area (Å²) in [6, 6.07) is 10.9. The number of aromatic nitrogens is 4. The number of pyridine rings is 1. The van der Waals surface area contributed by atoms with Gasteiger partial charge in [0.15, 0.2) is 11.0 Å². The molecule has 0 radical (unpaired) electrons. The monoisotopic (exact) mass is 441 g/mol. The van der Waals surface area contributed by atoms with Crippen molar-refractivity contribution in [2.75, 3.05) is 18.1 Å². The SMILES string of the molecule is O=C(CSc1nnc(-c2cccnc2)n1C1CC1)N1CCS[C@@H]1c1ccccc1F. The van der Waals surface area contributed by atoms with Crippen LogP contribution in [0.3, 0.4) is 0 Å². The summed E-state index contributed by atoms with van der Waals surface area (Å²) in [6.07, 6.45) is 5.69. The number of benzene rings is 1. The zero-order valence-corrected chi connectivity index (χ0v) is 17.8. The highest BCUT2D eigenvalue weighted by atomic mass is 32.2. The van der Waals surface area contributed by atoms with Crippen molar-refractivity contribution in [3.05, 3.63) is 60.2 Å². The lowest BCUT2D eigenvalue weighted by molar-refractivity contribution is -0.128. The first-order valence-electron chi connectivity index (χ1n) is 9.86. The Morgan fingerprint density at radius 2 is 2.07 bits per heavy atom. The highest BCUT2D eigenvalue weighted by Gasteiger charge is 2.34. The van der Waals surface area contributed by atoms with Crippen molar-refractivity contribution in [2.45, 2.75) is 29.4 Å². The quantitative estimate of drug-likeness (QED) is 0.535. The van der Waals surface area contributed by atoms with Crippen LogP contribution in [0.5, 0.6) is 0 Å². The van der Waals surface area contributed by atoms with Gasteiger partial charge in [0.05, 0.1) is 5.75 Å². The minimum Gasteiger partial charge on any atom is -0.325 e. The summed E-state index contributed by atoms with van der Waals surface area (Å²) in [5.41, 5.74) is 1.49. The van der Waals surface area contributed by atoms with Crippen molar-refractivity contribution in [1.29, 1.82) is 0 Å². The Balaban J connectivity index is 1.32. The molecule has 1 saturated carbocycles. The van der Waals surface area contributed by atoms with Crippen LogP contribution in [-0.4, -0.2) is 48.6 Å². The van der Waals surface area contributed by atoms with E-state index < -0.39 is 0 Å². The lowest BCUT2D eigenvalue weighted by atomic mass is 10.2. The standard InChI is InChI=1S/C21H20FN5OS2/c22-17-6-2-1-5-16(17)20-26(10-11-29-20)18(28)13-30-21-25-24-19(27(21)15-7-8-15)14-4-3-9-23-12-14/h1-6,9,12,15,20H,7-8,10-11,13H2/t20-/m1/s1. The highest BCUT2D eigenvalue weighted by molar-refractivity contribution is 8.00. The largest absolute Gasteiger partial charge is 0.325 e. The van der Waals surface area contributed by atoms with Crippen molar-refractivity contribution >= 4 is 29.4 Å². The summed E-state index contributed by atoms with van der Waals surface area (Å²) in [5, 5.41) is 9.20. The maximum atomic E-state index is 14.3. The van der Waals surface area contributed by atoms with Gasteiger partial charge in [-0.2, -0.15) is 0 Å². The van der Waals surface area contributed by atoms with Crippen LogP contribution in [0, 0.1) is 5.82 Å². The van der Waals surface area contributed by atoms with Gasteiger partial charge in [0.2, 0.25) is 5.91 Å². The van der Waals surface area contributed by atoms with Gasteiger partial charge in [0, 0.05) is 41.9 Å². The van der Waals surface area contributed by atoms with Crippen LogP contribution in [0.2, 0.25) is 0 Å². The van der Waals surface area contributed by atoms with Crippen molar-refractivity contribution in [1.82, 2.24) is 24.6 Å². The minimum atomic E-state index is -0.272. The predicted octanol–water partition coefficient (Wildman–Crippen LogP) is 4.18. The average molecular weight is 442 g/mol. The molecule has 2 aromatic heterocycles. The van der Waals surface area contributed by atoms with Crippen molar-refractivity contribution in [2.24, 2.45) is 0 Å². The maximum Gasteiger partial charge on any atom is 0.234 e. The number of hydrogen-bond donors (Lipinski definition) is 0. The van der Waals surface area contributed by atoms with Gasteiger partial charge in [-0.25, -0.2) is 4.39 Å². The Hall–Kier alpha value is -2.39. The molecule has 3 aromatic rings. The third kappa shape index (κ3) is 3.83. The van der Waals surface area contributed by atoms with E-state index in [0.29, 0.717) is 18.2 Å². The van der Waals surface area contributed by atoms with Crippen LogP contribution in [0.25, 0.3) is 11.4 Å². The Labute approximate surface area is 182 Å². The van der Waals surface area contributed by atoms with Crippen molar-refractivity contribution in [3.63, 3.8) is 0 Å². The molecule has 1 aliphatic carbocycles. The van der Waals surface area contributed by atoms with Crippen LogP contribution in [0.1, 0.15) is 29.8 Å². The summed E-state index contributed by atoms with van der Waals surface area (Å²) in [6.45, 7) is 0.624. The second kappa shape index (κ2) is 8.39. The second-order valence-electron chi connectivity index (χ2n) is 7.27. The topological polar surface area (TPSA) is 63.9 Å². The molecule has 0 spiro atoms. The lowest BCUT2D eigenvalue weighted by Crippen LogP contribution is -2.32. The number of hydrogen-bond acceptors (Lipinski definition) is 6. The molecule has 30 heavy (non-hydrogen) atoms. The van der Waals surface area contributed by atoms with E-state index in [1.54, 1.807) is 41.2 Å². The van der Waals surface area contributed by atoms with Gasteiger partial charge in [-0.15, -0.1) is 22.0 Å². The molecule has 3 heterocycles. The predicted molar refractivity (Wildman–Crippen MR) is 116 cm³/mol. The fraction of sp³-hybridized carbons (Fsp3) is 0.333. The molecule has 1 atom stereocenters. The number of rotatable bonds is 6. The maximum absolute atomic E-state index is 14.3. The van der Waals surface area contributed by atoms with E-state index in [1.807, 2.05) is 18.2 Å². The number of carbonyl (C=O) groups is 1. The third-order valence-electron chi connectivity index (χ3n) is 5.20. The Bertz CT molecular complexity index is 1060. The fourth-order valence-corrected chi connectivity index (χ4v) is 5.79. The first-order chi connectivity index (χ1) is 14.7. The van der Waals surface area contributed by atoms with Gasteiger partial charge >= 0.3 is 0 Å². The first kappa shape index (κ1) is 19.6. The molecule has 2 fully saturated rings. The molecule has 1 aliphatic heterocycles. The zero-order chi connectivity index (χ0) is 20.5. The molecule has 5 rings (SSSR count). The number of nitrogens with zero attached hydrogens (tertiary/aromatic N) is 5. The van der Waals surface area contributed by atoms with Crippen LogP contribution in [-0.2, 0) is 4.79 Å². The molecule has 2 aliphatic rings. The van der Waals surface area contributed by atoms with Gasteiger partial charge in [-0.3, -0.25) is 14.3 Å². The van der Waals surface area contributed by atoms with Crippen molar-refractivity contribution in [3.8, 4) is 11.4 Å². The number of carbonyl (C=O) groups excluding carboxylic acids is 1. The van der Waals surface area contributed by atoms with Crippen molar-refractivity contribution < 1.29 is 9.18 Å². The molecule has 154 valence electrons. The molecule has 6 nitrogen and oxygen atoms in total.